The minimum Gasteiger partial charge on any atom is -0.480 e. The molecule has 8 heteroatoms. The normalized spacial score (nSPS) is 17.6. The Morgan fingerprint density at radius 2 is 2.03 bits per heavy atom. The Bertz CT molecular complexity index is 924. The molecule has 2 aromatic rings. The average Bonchev–Trinajstić information content (AvgIpc) is 3.00. The molecule has 1 aliphatic heterocycles. The Labute approximate surface area is 185 Å². The van der Waals surface area contributed by atoms with Crippen LogP contribution in [0.5, 0.6) is 0 Å². The largest absolute Gasteiger partial charge is 0.480 e. The number of hydrogen-bond donors (Lipinski definition) is 2. The van der Waals surface area contributed by atoms with Crippen LogP contribution in [0.2, 0.25) is 5.02 Å². The lowest BCUT2D eigenvalue weighted by molar-refractivity contribution is -0.139. The lowest BCUT2D eigenvalue weighted by atomic mass is 9.97. The first-order valence-electron chi connectivity index (χ1n) is 9.74. The maximum Gasteiger partial charge on any atom is 0.330 e. The fraction of sp³-hybridized carbons (Fsp3) is 0.364. The van der Waals surface area contributed by atoms with Gasteiger partial charge in [-0.2, -0.15) is 0 Å². The highest BCUT2D eigenvalue weighted by Gasteiger charge is 2.40. The predicted octanol–water partition coefficient (Wildman–Crippen LogP) is 5.00. The number of hydrogen-bond acceptors (Lipinski definition) is 5. The van der Waals surface area contributed by atoms with E-state index in [2.05, 4.69) is 14.6 Å². The molecule has 5 nitrogen and oxygen atoms in total. The van der Waals surface area contributed by atoms with Crippen LogP contribution < -0.4 is 5.32 Å². The van der Waals surface area contributed by atoms with Gasteiger partial charge < -0.3 is 10.4 Å². The number of carboxylic acids is 1. The standard InChI is InChI=1S/C22H25ClFN3O2S/c1-22(2)20(21(28)29)25-19(26-22)9-6-12-27(30-16-7-4-3-5-8-16)14-15-10-11-17(23)18(24)13-15/h3-5,7-8,10-11,13,20H,6,9,12,14H2,1-2H3,(H,25,26)(H,28,29)/t20-/m0/s1. The van der Waals surface area contributed by atoms with E-state index in [0.717, 1.165) is 29.3 Å². The van der Waals surface area contributed by atoms with Gasteiger partial charge in [-0.1, -0.05) is 35.9 Å². The Kier molecular flexibility index (Phi) is 7.39. The number of nitrogens with one attached hydrogen (secondary N) is 1. The maximum absolute atomic E-state index is 13.9. The topological polar surface area (TPSA) is 64.9 Å². The van der Waals surface area contributed by atoms with Gasteiger partial charge >= 0.3 is 5.97 Å². The van der Waals surface area contributed by atoms with E-state index < -0.39 is 23.4 Å². The summed E-state index contributed by atoms with van der Waals surface area (Å²) in [7, 11) is 0. The number of aliphatic imine (C=N–C) groups is 1. The van der Waals surface area contributed by atoms with E-state index in [0.29, 0.717) is 13.0 Å². The minimum atomic E-state index is -0.923. The van der Waals surface area contributed by atoms with Crippen LogP contribution in [0.15, 0.2) is 58.4 Å². The summed E-state index contributed by atoms with van der Waals surface area (Å²) in [4.78, 5) is 16.8. The Hall–Kier alpha value is -2.09. The molecule has 2 N–H and O–H groups in total. The second-order valence-electron chi connectivity index (χ2n) is 7.78. The van der Waals surface area contributed by atoms with Gasteiger partial charge in [0.05, 0.1) is 16.4 Å². The zero-order valence-corrected chi connectivity index (χ0v) is 18.5. The third-order valence-corrected chi connectivity index (χ3v) is 6.17. The van der Waals surface area contributed by atoms with Gasteiger partial charge in [0.15, 0.2) is 6.04 Å². The SMILES string of the molecule is CC1(C)NC(CCCN(Cc2ccc(Cl)c(F)c2)Sc2ccccc2)=N[C@H]1C(=O)O. The number of amidine groups is 1. The molecule has 0 radical (unpaired) electrons. The van der Waals surface area contributed by atoms with Gasteiger partial charge in [0.1, 0.15) is 5.82 Å². The quantitative estimate of drug-likeness (QED) is 0.527. The van der Waals surface area contributed by atoms with Gasteiger partial charge in [0, 0.05) is 24.4 Å². The first-order valence-corrected chi connectivity index (χ1v) is 10.9. The van der Waals surface area contributed by atoms with Crippen LogP contribution in [0, 0.1) is 5.82 Å². The van der Waals surface area contributed by atoms with Crippen LogP contribution in [0.3, 0.4) is 0 Å². The number of benzene rings is 2. The van der Waals surface area contributed by atoms with E-state index in [1.54, 1.807) is 18.0 Å². The molecule has 0 aliphatic carbocycles. The number of carbonyl (C=O) groups is 1. The third kappa shape index (κ3) is 5.97. The first-order chi connectivity index (χ1) is 14.2. The molecule has 1 heterocycles. The average molecular weight is 450 g/mol. The summed E-state index contributed by atoms with van der Waals surface area (Å²) >= 11 is 7.41. The first kappa shape index (κ1) is 22.6. The molecule has 1 atom stereocenters. The van der Waals surface area contributed by atoms with Gasteiger partial charge in [-0.25, -0.2) is 13.5 Å². The molecule has 0 aromatic heterocycles. The second kappa shape index (κ2) is 9.81. The third-order valence-electron chi connectivity index (χ3n) is 4.81. The van der Waals surface area contributed by atoms with Crippen molar-refractivity contribution in [3.8, 4) is 0 Å². The number of nitrogens with zero attached hydrogens (tertiary/aromatic N) is 2. The van der Waals surface area contributed by atoms with Crippen molar-refractivity contribution in [3.05, 3.63) is 64.9 Å². The van der Waals surface area contributed by atoms with Crippen LogP contribution in [-0.2, 0) is 11.3 Å². The molecule has 0 saturated carbocycles. The highest BCUT2D eigenvalue weighted by Crippen LogP contribution is 2.27. The number of halogens is 2. The molecule has 0 bridgehead atoms. The van der Waals surface area contributed by atoms with Gasteiger partial charge in [-0.3, -0.25) is 4.99 Å². The van der Waals surface area contributed by atoms with Crippen LogP contribution in [0.1, 0.15) is 32.3 Å². The highest BCUT2D eigenvalue weighted by atomic mass is 35.5. The zero-order chi connectivity index (χ0) is 21.7. The highest BCUT2D eigenvalue weighted by molar-refractivity contribution is 7.97. The van der Waals surface area contributed by atoms with E-state index >= 15 is 0 Å². The molecule has 3 rings (SSSR count). The molecule has 0 saturated heterocycles. The Morgan fingerprint density at radius 3 is 2.67 bits per heavy atom. The van der Waals surface area contributed by atoms with E-state index in [9.17, 15) is 14.3 Å². The molecule has 0 unspecified atom stereocenters. The molecular formula is C22H25ClFN3O2S. The summed E-state index contributed by atoms with van der Waals surface area (Å²) < 4.78 is 16.0. The fourth-order valence-corrected chi connectivity index (χ4v) is 4.46. The van der Waals surface area contributed by atoms with Crippen molar-refractivity contribution >= 4 is 35.4 Å². The van der Waals surface area contributed by atoms with Crippen LogP contribution in [0.25, 0.3) is 0 Å². The van der Waals surface area contributed by atoms with Crippen molar-refractivity contribution in [1.29, 1.82) is 0 Å². The lowest BCUT2D eigenvalue weighted by Gasteiger charge is -2.24. The van der Waals surface area contributed by atoms with Gasteiger partial charge in [-0.15, -0.1) is 0 Å². The molecule has 0 amide bonds. The summed E-state index contributed by atoms with van der Waals surface area (Å²) in [5.74, 6) is -0.631. The number of carboxylic acid groups (broad SMARTS) is 1. The van der Waals surface area contributed by atoms with E-state index in [1.165, 1.54) is 6.07 Å². The van der Waals surface area contributed by atoms with Gasteiger partial charge in [0.25, 0.3) is 0 Å². The van der Waals surface area contributed by atoms with Crippen molar-refractivity contribution in [2.24, 2.45) is 4.99 Å². The summed E-state index contributed by atoms with van der Waals surface area (Å²) in [6.07, 6.45) is 1.43. The molecule has 160 valence electrons. The minimum absolute atomic E-state index is 0.113. The maximum atomic E-state index is 13.9. The molecule has 30 heavy (non-hydrogen) atoms. The number of rotatable bonds is 9. The Morgan fingerprint density at radius 1 is 1.30 bits per heavy atom. The van der Waals surface area contributed by atoms with Gasteiger partial charge in [-0.05, 0) is 62.0 Å². The van der Waals surface area contributed by atoms with Crippen molar-refractivity contribution < 1.29 is 14.3 Å². The summed E-state index contributed by atoms with van der Waals surface area (Å²) in [5.41, 5.74) is 0.240. The van der Waals surface area contributed by atoms with Crippen molar-refractivity contribution in [1.82, 2.24) is 9.62 Å². The second-order valence-corrected chi connectivity index (χ2v) is 9.36. The van der Waals surface area contributed by atoms with Crippen LogP contribution in [0.4, 0.5) is 4.39 Å². The van der Waals surface area contributed by atoms with Crippen molar-refractivity contribution in [3.63, 3.8) is 0 Å². The van der Waals surface area contributed by atoms with Crippen LogP contribution in [-0.4, -0.2) is 39.3 Å². The summed E-state index contributed by atoms with van der Waals surface area (Å²) in [6, 6.07) is 14.1. The molecular weight excluding hydrogens is 425 g/mol. The summed E-state index contributed by atoms with van der Waals surface area (Å²) in [5, 5.41) is 12.7. The molecule has 0 fully saturated rings. The number of aliphatic carboxylic acids is 1. The van der Waals surface area contributed by atoms with Crippen molar-refractivity contribution in [2.45, 2.75) is 49.7 Å². The van der Waals surface area contributed by atoms with Gasteiger partial charge in [0.2, 0.25) is 0 Å². The molecule has 1 aliphatic rings. The summed E-state index contributed by atoms with van der Waals surface area (Å²) in [6.45, 7) is 4.96. The zero-order valence-electron chi connectivity index (χ0n) is 16.9. The molecule has 0 spiro atoms. The lowest BCUT2D eigenvalue weighted by Crippen LogP contribution is -2.47. The van der Waals surface area contributed by atoms with E-state index in [1.807, 2.05) is 50.2 Å². The van der Waals surface area contributed by atoms with E-state index in [-0.39, 0.29) is 5.02 Å². The van der Waals surface area contributed by atoms with E-state index in [4.69, 9.17) is 11.6 Å². The van der Waals surface area contributed by atoms with Crippen LogP contribution >= 0.6 is 23.5 Å². The molecule has 2 aromatic carbocycles. The Balaban J connectivity index is 1.64. The fourth-order valence-electron chi connectivity index (χ4n) is 3.33. The smallest absolute Gasteiger partial charge is 0.330 e. The predicted molar refractivity (Wildman–Crippen MR) is 119 cm³/mol. The van der Waals surface area contributed by atoms with Crippen molar-refractivity contribution in [2.75, 3.05) is 6.54 Å². The monoisotopic (exact) mass is 449 g/mol.